The van der Waals surface area contributed by atoms with Gasteiger partial charge in [-0.1, -0.05) is 12.1 Å². The van der Waals surface area contributed by atoms with E-state index in [1.54, 1.807) is 0 Å². The molecule has 0 aliphatic rings. The molecule has 0 fully saturated rings. The Labute approximate surface area is 107 Å². The van der Waals surface area contributed by atoms with E-state index in [0.717, 1.165) is 35.5 Å². The van der Waals surface area contributed by atoms with E-state index in [1.807, 2.05) is 31.2 Å². The molecule has 2 aromatic rings. The van der Waals surface area contributed by atoms with E-state index < -0.39 is 0 Å². The maximum atomic E-state index is 12.7. The lowest BCUT2D eigenvalue weighted by atomic mass is 10.1. The van der Waals surface area contributed by atoms with Gasteiger partial charge in [-0.2, -0.15) is 0 Å². The van der Waals surface area contributed by atoms with Crippen LogP contribution < -0.4 is 11.1 Å². The average molecular weight is 244 g/mol. The molecule has 2 nitrogen and oxygen atoms in total. The first-order chi connectivity index (χ1) is 8.63. The van der Waals surface area contributed by atoms with Crippen molar-refractivity contribution < 1.29 is 4.39 Å². The molecule has 0 saturated carbocycles. The van der Waals surface area contributed by atoms with Gasteiger partial charge in [0, 0.05) is 17.9 Å². The van der Waals surface area contributed by atoms with Crippen LogP contribution in [0.3, 0.4) is 0 Å². The molecule has 0 radical (unpaired) electrons. The van der Waals surface area contributed by atoms with Crippen LogP contribution in [-0.2, 0) is 6.42 Å². The number of aryl methyl sites for hydroxylation is 1. The number of nitrogen functional groups attached to an aromatic ring is 1. The summed E-state index contributed by atoms with van der Waals surface area (Å²) in [5, 5.41) is 3.32. The van der Waals surface area contributed by atoms with E-state index in [0.29, 0.717) is 0 Å². The standard InChI is InChI=1S/C15H17FN2/c1-11-8-14(17)10-15(9-11)18-7-6-12-2-4-13(16)5-3-12/h2-5,8-10,18H,6-7,17H2,1H3. The second kappa shape index (κ2) is 5.54. The average Bonchev–Trinajstić information content (AvgIpc) is 2.30. The van der Waals surface area contributed by atoms with Crippen LogP contribution in [0, 0.1) is 12.7 Å². The highest BCUT2D eigenvalue weighted by Crippen LogP contribution is 2.15. The zero-order chi connectivity index (χ0) is 13.0. The first-order valence-corrected chi connectivity index (χ1v) is 5.99. The maximum absolute atomic E-state index is 12.7. The van der Waals surface area contributed by atoms with Crippen LogP contribution in [0.25, 0.3) is 0 Å². The van der Waals surface area contributed by atoms with E-state index in [-0.39, 0.29) is 5.82 Å². The third kappa shape index (κ3) is 3.48. The van der Waals surface area contributed by atoms with Crippen molar-refractivity contribution in [2.24, 2.45) is 0 Å². The van der Waals surface area contributed by atoms with Gasteiger partial charge in [-0.3, -0.25) is 0 Å². The highest BCUT2D eigenvalue weighted by Gasteiger charge is 1.97. The molecule has 0 heterocycles. The van der Waals surface area contributed by atoms with Crippen molar-refractivity contribution in [1.29, 1.82) is 0 Å². The third-order valence-electron chi connectivity index (χ3n) is 2.76. The minimum Gasteiger partial charge on any atom is -0.399 e. The fraction of sp³-hybridized carbons (Fsp3) is 0.200. The monoisotopic (exact) mass is 244 g/mol. The van der Waals surface area contributed by atoms with Gasteiger partial charge in [-0.25, -0.2) is 4.39 Å². The van der Waals surface area contributed by atoms with Crippen LogP contribution in [0.5, 0.6) is 0 Å². The first kappa shape index (κ1) is 12.4. The van der Waals surface area contributed by atoms with Gasteiger partial charge >= 0.3 is 0 Å². The topological polar surface area (TPSA) is 38.0 Å². The fourth-order valence-corrected chi connectivity index (χ4v) is 1.92. The molecule has 0 atom stereocenters. The Morgan fingerprint density at radius 2 is 1.83 bits per heavy atom. The largest absolute Gasteiger partial charge is 0.399 e. The number of benzene rings is 2. The summed E-state index contributed by atoms with van der Waals surface area (Å²) in [5.74, 6) is -0.196. The summed E-state index contributed by atoms with van der Waals surface area (Å²) in [5.41, 5.74) is 9.82. The number of halogens is 1. The number of hydrogen-bond donors (Lipinski definition) is 2. The van der Waals surface area contributed by atoms with Crippen molar-refractivity contribution in [3.05, 3.63) is 59.4 Å². The van der Waals surface area contributed by atoms with Gasteiger partial charge in [0.05, 0.1) is 0 Å². The van der Waals surface area contributed by atoms with Gasteiger partial charge in [-0.15, -0.1) is 0 Å². The second-order valence-electron chi connectivity index (χ2n) is 4.44. The zero-order valence-corrected chi connectivity index (χ0v) is 10.4. The molecule has 0 aromatic heterocycles. The molecular weight excluding hydrogens is 227 g/mol. The van der Waals surface area contributed by atoms with E-state index in [9.17, 15) is 4.39 Å². The lowest BCUT2D eigenvalue weighted by molar-refractivity contribution is 0.627. The Hall–Kier alpha value is -2.03. The normalized spacial score (nSPS) is 10.3. The predicted octanol–water partition coefficient (Wildman–Crippen LogP) is 3.37. The summed E-state index contributed by atoms with van der Waals surface area (Å²) >= 11 is 0. The Bertz CT molecular complexity index is 500. The molecule has 94 valence electrons. The minimum absolute atomic E-state index is 0.196. The third-order valence-corrected chi connectivity index (χ3v) is 2.76. The van der Waals surface area contributed by atoms with Crippen LogP contribution in [-0.4, -0.2) is 6.54 Å². The molecule has 2 aromatic carbocycles. The Morgan fingerprint density at radius 1 is 1.11 bits per heavy atom. The number of nitrogens with two attached hydrogens (primary N) is 1. The highest BCUT2D eigenvalue weighted by atomic mass is 19.1. The van der Waals surface area contributed by atoms with Gasteiger partial charge in [0.25, 0.3) is 0 Å². The van der Waals surface area contributed by atoms with E-state index in [4.69, 9.17) is 5.73 Å². The minimum atomic E-state index is -0.196. The molecule has 3 N–H and O–H groups in total. The van der Waals surface area contributed by atoms with Crippen LogP contribution in [0.1, 0.15) is 11.1 Å². The van der Waals surface area contributed by atoms with Gasteiger partial charge in [-0.05, 0) is 54.8 Å². The summed E-state index contributed by atoms with van der Waals surface area (Å²) in [4.78, 5) is 0. The Morgan fingerprint density at radius 3 is 2.50 bits per heavy atom. The molecular formula is C15H17FN2. The summed E-state index contributed by atoms with van der Waals surface area (Å²) < 4.78 is 12.7. The van der Waals surface area contributed by atoms with Crippen molar-refractivity contribution in [3.8, 4) is 0 Å². The van der Waals surface area contributed by atoms with Crippen molar-refractivity contribution in [3.63, 3.8) is 0 Å². The summed E-state index contributed by atoms with van der Waals surface area (Å²) in [6.07, 6.45) is 0.855. The van der Waals surface area contributed by atoms with E-state index in [2.05, 4.69) is 11.4 Å². The summed E-state index contributed by atoms with van der Waals surface area (Å²) in [6, 6.07) is 12.5. The number of nitrogens with one attached hydrogen (secondary N) is 1. The Kier molecular flexibility index (Phi) is 3.82. The van der Waals surface area contributed by atoms with Crippen molar-refractivity contribution >= 4 is 11.4 Å². The predicted molar refractivity (Wildman–Crippen MR) is 74.2 cm³/mol. The van der Waals surface area contributed by atoms with Crippen molar-refractivity contribution in [1.82, 2.24) is 0 Å². The molecule has 0 aliphatic carbocycles. The molecule has 0 bridgehead atoms. The molecule has 2 rings (SSSR count). The van der Waals surface area contributed by atoms with Crippen molar-refractivity contribution in [2.45, 2.75) is 13.3 Å². The van der Waals surface area contributed by atoms with Gasteiger partial charge < -0.3 is 11.1 Å². The van der Waals surface area contributed by atoms with Crippen LogP contribution in [0.15, 0.2) is 42.5 Å². The van der Waals surface area contributed by atoms with Gasteiger partial charge in [0.1, 0.15) is 5.82 Å². The molecule has 0 saturated heterocycles. The van der Waals surface area contributed by atoms with Crippen LogP contribution >= 0.6 is 0 Å². The lowest BCUT2D eigenvalue weighted by Gasteiger charge is -2.08. The molecule has 18 heavy (non-hydrogen) atoms. The smallest absolute Gasteiger partial charge is 0.123 e. The number of rotatable bonds is 4. The second-order valence-corrected chi connectivity index (χ2v) is 4.44. The first-order valence-electron chi connectivity index (χ1n) is 5.99. The van der Waals surface area contributed by atoms with E-state index in [1.165, 1.54) is 12.1 Å². The van der Waals surface area contributed by atoms with Gasteiger partial charge in [0.2, 0.25) is 0 Å². The highest BCUT2D eigenvalue weighted by molar-refractivity contribution is 5.56. The maximum Gasteiger partial charge on any atom is 0.123 e. The summed E-state index contributed by atoms with van der Waals surface area (Å²) in [6.45, 7) is 2.82. The van der Waals surface area contributed by atoms with Crippen molar-refractivity contribution in [2.75, 3.05) is 17.6 Å². The molecule has 3 heteroatoms. The zero-order valence-electron chi connectivity index (χ0n) is 10.4. The SMILES string of the molecule is Cc1cc(N)cc(NCCc2ccc(F)cc2)c1. The molecule has 0 spiro atoms. The van der Waals surface area contributed by atoms with Crippen LogP contribution in [0.4, 0.5) is 15.8 Å². The fourth-order valence-electron chi connectivity index (χ4n) is 1.92. The van der Waals surface area contributed by atoms with Crippen LogP contribution in [0.2, 0.25) is 0 Å². The number of anilines is 2. The lowest BCUT2D eigenvalue weighted by Crippen LogP contribution is -2.05. The molecule has 0 unspecified atom stereocenters. The summed E-state index contributed by atoms with van der Waals surface area (Å²) in [7, 11) is 0. The molecule has 0 amide bonds. The number of hydrogen-bond acceptors (Lipinski definition) is 2. The Balaban J connectivity index is 1.90. The van der Waals surface area contributed by atoms with Gasteiger partial charge in [0.15, 0.2) is 0 Å². The molecule has 0 aliphatic heterocycles. The quantitative estimate of drug-likeness (QED) is 0.809. The van der Waals surface area contributed by atoms with E-state index >= 15 is 0 Å².